The van der Waals surface area contributed by atoms with Gasteiger partial charge in [0.05, 0.1) is 31.3 Å². The highest BCUT2D eigenvalue weighted by Crippen LogP contribution is 2.37. The molecule has 27 heavy (non-hydrogen) atoms. The Morgan fingerprint density at radius 1 is 1.11 bits per heavy atom. The lowest BCUT2D eigenvalue weighted by atomic mass is 10.0. The van der Waals surface area contributed by atoms with Crippen molar-refractivity contribution in [3.8, 4) is 22.6 Å². The van der Waals surface area contributed by atoms with Crippen LogP contribution in [0, 0.1) is 5.92 Å². The van der Waals surface area contributed by atoms with Gasteiger partial charge in [0.1, 0.15) is 12.4 Å². The summed E-state index contributed by atoms with van der Waals surface area (Å²) in [5.41, 5.74) is 2.81. The number of benzene rings is 2. The van der Waals surface area contributed by atoms with E-state index < -0.39 is 0 Å². The fourth-order valence-corrected chi connectivity index (χ4v) is 3.27. The lowest BCUT2D eigenvalue weighted by Gasteiger charge is -2.12. The van der Waals surface area contributed by atoms with Crippen molar-refractivity contribution in [2.75, 3.05) is 20.3 Å². The third kappa shape index (κ3) is 3.08. The molecule has 1 unspecified atom stereocenters. The van der Waals surface area contributed by atoms with Gasteiger partial charge in [-0.25, -0.2) is 0 Å². The van der Waals surface area contributed by atoms with E-state index in [4.69, 9.17) is 18.6 Å². The topological polar surface area (TPSA) is 61.2 Å². The van der Waals surface area contributed by atoms with Crippen molar-refractivity contribution in [1.82, 2.24) is 0 Å². The van der Waals surface area contributed by atoms with Gasteiger partial charge in [0, 0.05) is 0 Å². The van der Waals surface area contributed by atoms with Gasteiger partial charge in [-0.15, -0.1) is 0 Å². The summed E-state index contributed by atoms with van der Waals surface area (Å²) in [5, 5.41) is 0.484. The molecule has 5 rings (SSSR count). The highest BCUT2D eigenvalue weighted by atomic mass is 16.6. The zero-order valence-corrected chi connectivity index (χ0v) is 15.1. The largest absolute Gasteiger partial charge is 0.490 e. The minimum Gasteiger partial charge on any atom is -0.490 e. The molecular formula is C22H20O5. The highest BCUT2D eigenvalue weighted by molar-refractivity contribution is 5.88. The Hall–Kier alpha value is -2.79. The molecule has 138 valence electrons. The molecule has 2 fully saturated rings. The van der Waals surface area contributed by atoms with Crippen LogP contribution in [0.1, 0.15) is 24.5 Å². The molecule has 0 spiro atoms. The summed E-state index contributed by atoms with van der Waals surface area (Å²) < 4.78 is 22.5. The Morgan fingerprint density at radius 2 is 1.89 bits per heavy atom. The maximum atomic E-state index is 13.0. The maximum Gasteiger partial charge on any atom is 0.204 e. The molecule has 2 aromatic carbocycles. The molecule has 1 atom stereocenters. The first-order chi connectivity index (χ1) is 13.2. The van der Waals surface area contributed by atoms with E-state index in [0.717, 1.165) is 17.7 Å². The van der Waals surface area contributed by atoms with Gasteiger partial charge in [0.2, 0.25) is 11.2 Å². The molecule has 1 saturated heterocycles. The van der Waals surface area contributed by atoms with E-state index in [9.17, 15) is 4.79 Å². The van der Waals surface area contributed by atoms with Crippen LogP contribution in [0.15, 0.2) is 51.9 Å². The van der Waals surface area contributed by atoms with E-state index in [1.165, 1.54) is 19.1 Å². The SMILES string of the molecule is COc1c(OCC2CC2)ccc2c(=O)c(-c3ccc(C4CO4)cc3)coc12. The second-order valence-electron chi connectivity index (χ2n) is 7.15. The van der Waals surface area contributed by atoms with E-state index in [1.807, 2.05) is 24.3 Å². The smallest absolute Gasteiger partial charge is 0.204 e. The molecule has 1 aliphatic heterocycles. The van der Waals surface area contributed by atoms with Gasteiger partial charge in [-0.2, -0.15) is 0 Å². The molecule has 2 heterocycles. The van der Waals surface area contributed by atoms with Crippen LogP contribution < -0.4 is 14.9 Å². The van der Waals surface area contributed by atoms with Crippen molar-refractivity contribution >= 4 is 11.0 Å². The van der Waals surface area contributed by atoms with Crippen LogP contribution in [0.4, 0.5) is 0 Å². The van der Waals surface area contributed by atoms with E-state index in [0.29, 0.717) is 40.6 Å². The zero-order valence-electron chi connectivity index (χ0n) is 15.1. The standard InChI is InChI=1S/C22H20O5/c1-24-22-18(25-10-13-2-3-13)9-8-16-20(23)17(11-27-21(16)22)14-4-6-15(7-5-14)19-12-26-19/h4-9,11,13,19H,2-3,10,12H2,1H3. The summed E-state index contributed by atoms with van der Waals surface area (Å²) in [4.78, 5) is 13.0. The third-order valence-electron chi connectivity index (χ3n) is 5.16. The normalized spacial score (nSPS) is 18.5. The molecule has 1 aromatic heterocycles. The monoisotopic (exact) mass is 364 g/mol. The number of rotatable bonds is 6. The summed E-state index contributed by atoms with van der Waals surface area (Å²) in [7, 11) is 1.56. The van der Waals surface area contributed by atoms with Crippen LogP contribution in [0.2, 0.25) is 0 Å². The minimum atomic E-state index is -0.0845. The molecule has 0 amide bonds. The Labute approximate surface area is 156 Å². The van der Waals surface area contributed by atoms with Gasteiger partial charge in [0.25, 0.3) is 0 Å². The van der Waals surface area contributed by atoms with Crippen molar-refractivity contribution in [2.45, 2.75) is 18.9 Å². The number of hydrogen-bond acceptors (Lipinski definition) is 5. The van der Waals surface area contributed by atoms with Gasteiger partial charge in [-0.1, -0.05) is 24.3 Å². The van der Waals surface area contributed by atoms with Crippen molar-refractivity contribution in [1.29, 1.82) is 0 Å². The van der Waals surface area contributed by atoms with Crippen LogP contribution in [0.25, 0.3) is 22.1 Å². The molecule has 5 nitrogen and oxygen atoms in total. The summed E-state index contributed by atoms with van der Waals surface area (Å²) in [6, 6.07) is 11.4. The van der Waals surface area contributed by atoms with E-state index in [2.05, 4.69) is 0 Å². The summed E-state index contributed by atoms with van der Waals surface area (Å²) >= 11 is 0. The molecule has 2 aliphatic rings. The first-order valence-corrected chi connectivity index (χ1v) is 9.22. The summed E-state index contributed by atoms with van der Waals surface area (Å²) in [5.74, 6) is 1.71. The Morgan fingerprint density at radius 3 is 2.56 bits per heavy atom. The lowest BCUT2D eigenvalue weighted by Crippen LogP contribution is -2.07. The first-order valence-electron chi connectivity index (χ1n) is 9.22. The Kier molecular flexibility index (Phi) is 3.90. The van der Waals surface area contributed by atoms with Crippen molar-refractivity contribution in [3.05, 3.63) is 58.4 Å². The van der Waals surface area contributed by atoms with Gasteiger partial charge < -0.3 is 18.6 Å². The molecule has 0 N–H and O–H groups in total. The quantitative estimate of drug-likeness (QED) is 0.609. The number of fused-ring (bicyclic) bond motifs is 1. The number of methoxy groups -OCH3 is 1. The van der Waals surface area contributed by atoms with Crippen molar-refractivity contribution in [2.24, 2.45) is 5.92 Å². The van der Waals surface area contributed by atoms with Crippen LogP contribution in [0.5, 0.6) is 11.5 Å². The van der Waals surface area contributed by atoms with Crippen LogP contribution >= 0.6 is 0 Å². The van der Waals surface area contributed by atoms with E-state index in [1.54, 1.807) is 19.2 Å². The molecule has 0 radical (unpaired) electrons. The van der Waals surface area contributed by atoms with Crippen LogP contribution in [-0.2, 0) is 4.74 Å². The van der Waals surface area contributed by atoms with Gasteiger partial charge in [0.15, 0.2) is 11.3 Å². The van der Waals surface area contributed by atoms with Gasteiger partial charge >= 0.3 is 0 Å². The van der Waals surface area contributed by atoms with Crippen LogP contribution in [-0.4, -0.2) is 20.3 Å². The average Bonchev–Trinajstić information content (AvgIpc) is 3.60. The second kappa shape index (κ2) is 6.43. The summed E-state index contributed by atoms with van der Waals surface area (Å²) in [6.45, 7) is 1.43. The fourth-order valence-electron chi connectivity index (χ4n) is 3.27. The minimum absolute atomic E-state index is 0.0845. The van der Waals surface area contributed by atoms with Crippen LogP contribution in [0.3, 0.4) is 0 Å². The predicted octanol–water partition coefficient (Wildman–Crippen LogP) is 4.33. The Balaban J connectivity index is 1.54. The molecule has 3 aromatic rings. The van der Waals surface area contributed by atoms with E-state index in [-0.39, 0.29) is 11.5 Å². The molecular weight excluding hydrogens is 344 g/mol. The number of hydrogen-bond donors (Lipinski definition) is 0. The van der Waals surface area contributed by atoms with Crippen molar-refractivity contribution in [3.63, 3.8) is 0 Å². The molecule has 1 aliphatic carbocycles. The number of ether oxygens (including phenoxy) is 3. The Bertz CT molecular complexity index is 1040. The average molecular weight is 364 g/mol. The number of epoxide rings is 1. The second-order valence-corrected chi connectivity index (χ2v) is 7.15. The molecule has 1 saturated carbocycles. The van der Waals surface area contributed by atoms with Gasteiger partial charge in [-0.05, 0) is 42.0 Å². The van der Waals surface area contributed by atoms with Gasteiger partial charge in [-0.3, -0.25) is 4.79 Å². The first kappa shape index (κ1) is 16.4. The third-order valence-corrected chi connectivity index (χ3v) is 5.16. The fraction of sp³-hybridized carbons (Fsp3) is 0.318. The van der Waals surface area contributed by atoms with E-state index >= 15 is 0 Å². The lowest BCUT2D eigenvalue weighted by molar-refractivity contribution is 0.280. The highest BCUT2D eigenvalue weighted by Gasteiger charge is 2.25. The zero-order chi connectivity index (χ0) is 18.4. The molecule has 5 heteroatoms. The molecule has 0 bridgehead atoms. The predicted molar refractivity (Wildman–Crippen MR) is 101 cm³/mol. The maximum absolute atomic E-state index is 13.0. The van der Waals surface area contributed by atoms with Crippen molar-refractivity contribution < 1.29 is 18.6 Å². The summed E-state index contributed by atoms with van der Waals surface area (Å²) in [6.07, 6.45) is 4.12.